The Kier molecular flexibility index (Phi) is 6.39. The summed E-state index contributed by atoms with van der Waals surface area (Å²) in [5.74, 6) is 0.873. The molecule has 0 saturated carbocycles. The Morgan fingerprint density at radius 3 is 2.57 bits per heavy atom. The summed E-state index contributed by atoms with van der Waals surface area (Å²) in [7, 11) is 0. The van der Waals surface area contributed by atoms with Gasteiger partial charge in [-0.3, -0.25) is 4.98 Å². The summed E-state index contributed by atoms with van der Waals surface area (Å²) in [5.41, 5.74) is 3.28. The van der Waals surface area contributed by atoms with E-state index < -0.39 is 5.60 Å². The van der Waals surface area contributed by atoms with E-state index >= 15 is 0 Å². The maximum absolute atomic E-state index is 12.5. The van der Waals surface area contributed by atoms with E-state index in [4.69, 9.17) is 4.74 Å². The van der Waals surface area contributed by atoms with Gasteiger partial charge in [-0.05, 0) is 53.7 Å². The SMILES string of the molecule is C/C=C(/c1ccccn1)c1c(C)ncnc1N1CCN(C(=O)OC(C)(C)C)CC1C. The zero-order valence-electron chi connectivity index (χ0n) is 18.7. The lowest BCUT2D eigenvalue weighted by Crippen LogP contribution is -2.55. The molecule has 1 aliphatic rings. The van der Waals surface area contributed by atoms with Crippen LogP contribution < -0.4 is 4.90 Å². The number of allylic oxidation sites excluding steroid dienone is 1. The van der Waals surface area contributed by atoms with Crippen molar-refractivity contribution in [2.24, 2.45) is 0 Å². The van der Waals surface area contributed by atoms with Crippen molar-refractivity contribution in [3.05, 3.63) is 53.8 Å². The molecule has 7 heteroatoms. The second-order valence-corrected chi connectivity index (χ2v) is 8.54. The Morgan fingerprint density at radius 2 is 1.97 bits per heavy atom. The molecule has 1 atom stereocenters. The Bertz CT molecular complexity index is 921. The maximum atomic E-state index is 12.5. The van der Waals surface area contributed by atoms with Gasteiger partial charge in [0.25, 0.3) is 0 Å². The fourth-order valence-corrected chi connectivity index (χ4v) is 3.70. The maximum Gasteiger partial charge on any atom is 0.410 e. The first kappa shape index (κ1) is 21.7. The van der Waals surface area contributed by atoms with E-state index in [-0.39, 0.29) is 12.1 Å². The predicted octanol–water partition coefficient (Wildman–Crippen LogP) is 4.08. The highest BCUT2D eigenvalue weighted by atomic mass is 16.6. The van der Waals surface area contributed by atoms with Gasteiger partial charge in [0.2, 0.25) is 0 Å². The monoisotopic (exact) mass is 409 g/mol. The average Bonchev–Trinajstić information content (AvgIpc) is 2.69. The van der Waals surface area contributed by atoms with E-state index in [1.165, 1.54) is 0 Å². The molecular weight excluding hydrogens is 378 g/mol. The number of aryl methyl sites for hydroxylation is 1. The highest BCUT2D eigenvalue weighted by molar-refractivity contribution is 5.85. The Labute approximate surface area is 178 Å². The first-order chi connectivity index (χ1) is 14.2. The summed E-state index contributed by atoms with van der Waals surface area (Å²) < 4.78 is 5.55. The van der Waals surface area contributed by atoms with Gasteiger partial charge in [0, 0.05) is 43.0 Å². The number of pyridine rings is 1. The Hall–Kier alpha value is -2.96. The average molecular weight is 410 g/mol. The second kappa shape index (κ2) is 8.81. The fourth-order valence-electron chi connectivity index (χ4n) is 3.70. The van der Waals surface area contributed by atoms with Crippen molar-refractivity contribution in [3.8, 4) is 0 Å². The van der Waals surface area contributed by atoms with E-state index in [2.05, 4.69) is 32.9 Å². The van der Waals surface area contributed by atoms with Crippen LogP contribution in [0.15, 0.2) is 36.8 Å². The number of rotatable bonds is 3. The largest absolute Gasteiger partial charge is 0.444 e. The molecule has 3 rings (SSSR count). The van der Waals surface area contributed by atoms with Gasteiger partial charge in [0.05, 0.1) is 11.4 Å². The minimum absolute atomic E-state index is 0.0844. The number of aromatic nitrogens is 3. The summed E-state index contributed by atoms with van der Waals surface area (Å²) >= 11 is 0. The van der Waals surface area contributed by atoms with Crippen molar-refractivity contribution in [3.63, 3.8) is 0 Å². The van der Waals surface area contributed by atoms with Gasteiger partial charge in [0.15, 0.2) is 0 Å². The lowest BCUT2D eigenvalue weighted by Gasteiger charge is -2.41. The van der Waals surface area contributed by atoms with Gasteiger partial charge in [-0.25, -0.2) is 14.8 Å². The molecule has 1 amide bonds. The summed E-state index contributed by atoms with van der Waals surface area (Å²) in [5, 5.41) is 0. The third-order valence-corrected chi connectivity index (χ3v) is 5.07. The quantitative estimate of drug-likeness (QED) is 0.761. The Balaban J connectivity index is 1.89. The number of amides is 1. The molecule has 1 fully saturated rings. The number of hydrogen-bond donors (Lipinski definition) is 0. The number of anilines is 1. The molecule has 1 aliphatic heterocycles. The second-order valence-electron chi connectivity index (χ2n) is 8.54. The minimum Gasteiger partial charge on any atom is -0.444 e. The van der Waals surface area contributed by atoms with E-state index in [1.807, 2.05) is 52.8 Å². The van der Waals surface area contributed by atoms with Crippen LogP contribution in [0.3, 0.4) is 0 Å². The topological polar surface area (TPSA) is 71.5 Å². The normalized spacial score (nSPS) is 17.8. The van der Waals surface area contributed by atoms with Crippen LogP contribution in [-0.4, -0.2) is 57.2 Å². The van der Waals surface area contributed by atoms with Gasteiger partial charge in [0.1, 0.15) is 17.7 Å². The zero-order valence-corrected chi connectivity index (χ0v) is 18.7. The van der Waals surface area contributed by atoms with Crippen LogP contribution in [0.2, 0.25) is 0 Å². The molecule has 2 aromatic heterocycles. The van der Waals surface area contributed by atoms with Gasteiger partial charge < -0.3 is 14.5 Å². The van der Waals surface area contributed by atoms with Crippen molar-refractivity contribution in [1.82, 2.24) is 19.9 Å². The fraction of sp³-hybridized carbons (Fsp3) is 0.478. The van der Waals surface area contributed by atoms with Gasteiger partial charge in [-0.15, -0.1) is 0 Å². The number of piperazine rings is 1. The van der Waals surface area contributed by atoms with Crippen molar-refractivity contribution in [2.75, 3.05) is 24.5 Å². The lowest BCUT2D eigenvalue weighted by molar-refractivity contribution is 0.0218. The molecule has 2 aromatic rings. The number of nitrogens with zero attached hydrogens (tertiary/aromatic N) is 5. The van der Waals surface area contributed by atoms with E-state index in [1.54, 1.807) is 17.4 Å². The number of hydrogen-bond acceptors (Lipinski definition) is 6. The number of carbonyl (C=O) groups excluding carboxylic acids is 1. The Morgan fingerprint density at radius 1 is 1.20 bits per heavy atom. The van der Waals surface area contributed by atoms with Crippen LogP contribution >= 0.6 is 0 Å². The van der Waals surface area contributed by atoms with Gasteiger partial charge in [-0.2, -0.15) is 0 Å². The molecule has 0 radical (unpaired) electrons. The van der Waals surface area contributed by atoms with Gasteiger partial charge >= 0.3 is 6.09 Å². The zero-order chi connectivity index (χ0) is 21.9. The van der Waals surface area contributed by atoms with Gasteiger partial charge in [-0.1, -0.05) is 12.1 Å². The molecule has 0 N–H and O–H groups in total. The standard InChI is InChI=1S/C23H31N5O2/c1-7-18(19-10-8-9-11-24-19)20-17(3)25-15-26-21(20)28-13-12-27(14-16(28)2)22(29)30-23(4,5)6/h7-11,15-16H,12-14H2,1-6H3/b18-7-. The number of carbonyl (C=O) groups is 1. The first-order valence-corrected chi connectivity index (χ1v) is 10.4. The third-order valence-electron chi connectivity index (χ3n) is 5.07. The van der Waals surface area contributed by atoms with Crippen molar-refractivity contribution < 1.29 is 9.53 Å². The van der Waals surface area contributed by atoms with Crippen LogP contribution in [0.1, 0.15) is 51.6 Å². The molecule has 160 valence electrons. The van der Waals surface area contributed by atoms with Crippen molar-refractivity contribution in [2.45, 2.75) is 53.2 Å². The highest BCUT2D eigenvalue weighted by Crippen LogP contribution is 2.33. The molecule has 0 bridgehead atoms. The molecular formula is C23H31N5O2. The summed E-state index contributed by atoms with van der Waals surface area (Å²) in [6.45, 7) is 13.6. The van der Waals surface area contributed by atoms with Crippen LogP contribution in [-0.2, 0) is 4.74 Å². The third kappa shape index (κ3) is 4.78. The molecule has 1 saturated heterocycles. The van der Waals surface area contributed by atoms with Crippen LogP contribution in [0.25, 0.3) is 5.57 Å². The molecule has 0 aliphatic carbocycles. The summed E-state index contributed by atoms with van der Waals surface area (Å²) in [6.07, 6.45) is 5.18. The predicted molar refractivity (Wildman–Crippen MR) is 118 cm³/mol. The minimum atomic E-state index is -0.502. The highest BCUT2D eigenvalue weighted by Gasteiger charge is 2.32. The van der Waals surface area contributed by atoms with Crippen LogP contribution in [0, 0.1) is 6.92 Å². The molecule has 3 heterocycles. The lowest BCUT2D eigenvalue weighted by atomic mass is 9.99. The summed E-state index contributed by atoms with van der Waals surface area (Å²) in [4.78, 5) is 30.2. The summed E-state index contributed by atoms with van der Waals surface area (Å²) in [6, 6.07) is 5.97. The number of ether oxygens (including phenoxy) is 1. The van der Waals surface area contributed by atoms with Crippen LogP contribution in [0.4, 0.5) is 10.6 Å². The smallest absolute Gasteiger partial charge is 0.410 e. The molecule has 0 spiro atoms. The van der Waals surface area contributed by atoms with E-state index in [0.717, 1.165) is 28.3 Å². The first-order valence-electron chi connectivity index (χ1n) is 10.4. The van der Waals surface area contributed by atoms with Crippen molar-refractivity contribution in [1.29, 1.82) is 0 Å². The van der Waals surface area contributed by atoms with Crippen LogP contribution in [0.5, 0.6) is 0 Å². The molecule has 0 aromatic carbocycles. The van der Waals surface area contributed by atoms with E-state index in [9.17, 15) is 4.79 Å². The molecule has 1 unspecified atom stereocenters. The van der Waals surface area contributed by atoms with Crippen molar-refractivity contribution >= 4 is 17.5 Å². The van der Waals surface area contributed by atoms with E-state index in [0.29, 0.717) is 19.6 Å². The molecule has 7 nitrogen and oxygen atoms in total. The molecule has 30 heavy (non-hydrogen) atoms.